The van der Waals surface area contributed by atoms with Crippen LogP contribution in [-0.2, 0) is 4.79 Å². The summed E-state index contributed by atoms with van der Waals surface area (Å²) in [5.41, 5.74) is 5.69. The highest BCUT2D eigenvalue weighted by atomic mass is 16.1. The minimum atomic E-state index is -0.309. The third-order valence-corrected chi connectivity index (χ3v) is 1.40. The minimum absolute atomic E-state index is 0.309. The SMILES string of the molecule is CCCCC=C(C)C(N)=O. The van der Waals surface area contributed by atoms with Crippen molar-refractivity contribution in [2.45, 2.75) is 33.1 Å². The van der Waals surface area contributed by atoms with Crippen LogP contribution >= 0.6 is 0 Å². The molecule has 0 heterocycles. The normalized spacial score (nSPS) is 11.6. The van der Waals surface area contributed by atoms with E-state index in [0.29, 0.717) is 5.57 Å². The van der Waals surface area contributed by atoms with Crippen molar-refractivity contribution in [3.8, 4) is 0 Å². The molecule has 0 radical (unpaired) electrons. The van der Waals surface area contributed by atoms with Crippen LogP contribution in [0.3, 0.4) is 0 Å². The van der Waals surface area contributed by atoms with Crippen LogP contribution in [0.5, 0.6) is 0 Å². The number of amides is 1. The number of carbonyl (C=O) groups excluding carboxylic acids is 1. The van der Waals surface area contributed by atoms with Crippen molar-refractivity contribution in [3.05, 3.63) is 11.6 Å². The zero-order valence-electron chi connectivity index (χ0n) is 6.68. The number of rotatable bonds is 4. The second kappa shape index (κ2) is 5.03. The lowest BCUT2D eigenvalue weighted by Crippen LogP contribution is -2.11. The van der Waals surface area contributed by atoms with E-state index >= 15 is 0 Å². The number of allylic oxidation sites excluding steroid dienone is 1. The van der Waals surface area contributed by atoms with Gasteiger partial charge in [0.25, 0.3) is 0 Å². The summed E-state index contributed by atoms with van der Waals surface area (Å²) in [6.07, 6.45) is 5.14. The number of carbonyl (C=O) groups is 1. The van der Waals surface area contributed by atoms with Gasteiger partial charge in [-0.1, -0.05) is 25.8 Å². The zero-order chi connectivity index (χ0) is 7.98. The maximum Gasteiger partial charge on any atom is 0.244 e. The second-order valence-corrected chi connectivity index (χ2v) is 2.39. The van der Waals surface area contributed by atoms with Gasteiger partial charge in [0.1, 0.15) is 0 Å². The predicted octanol–water partition coefficient (Wildman–Crippen LogP) is 1.61. The quantitative estimate of drug-likeness (QED) is 0.469. The van der Waals surface area contributed by atoms with Gasteiger partial charge in [0.05, 0.1) is 0 Å². The average molecular weight is 141 g/mol. The molecule has 2 N–H and O–H groups in total. The maximum absolute atomic E-state index is 10.4. The molecule has 2 heteroatoms. The summed E-state index contributed by atoms with van der Waals surface area (Å²) >= 11 is 0. The summed E-state index contributed by atoms with van der Waals surface area (Å²) in [5, 5.41) is 0. The van der Waals surface area contributed by atoms with Crippen LogP contribution in [0.25, 0.3) is 0 Å². The number of primary amides is 1. The summed E-state index contributed by atoms with van der Waals surface area (Å²) in [4.78, 5) is 10.4. The van der Waals surface area contributed by atoms with Gasteiger partial charge in [-0.15, -0.1) is 0 Å². The van der Waals surface area contributed by atoms with Crippen molar-refractivity contribution in [3.63, 3.8) is 0 Å². The second-order valence-electron chi connectivity index (χ2n) is 2.39. The first-order valence-corrected chi connectivity index (χ1v) is 3.65. The predicted molar refractivity (Wildman–Crippen MR) is 42.5 cm³/mol. The van der Waals surface area contributed by atoms with E-state index in [9.17, 15) is 4.79 Å². The molecule has 0 aliphatic carbocycles. The van der Waals surface area contributed by atoms with Gasteiger partial charge < -0.3 is 5.73 Å². The molecule has 0 aromatic carbocycles. The molecule has 0 aromatic rings. The number of nitrogens with two attached hydrogens (primary N) is 1. The number of hydrogen-bond donors (Lipinski definition) is 1. The van der Waals surface area contributed by atoms with Crippen molar-refractivity contribution in [2.75, 3.05) is 0 Å². The van der Waals surface area contributed by atoms with Crippen LogP contribution in [0, 0.1) is 0 Å². The third kappa shape index (κ3) is 4.13. The molecule has 0 fully saturated rings. The highest BCUT2D eigenvalue weighted by Crippen LogP contribution is 1.99. The standard InChI is InChI=1S/C8H15NO/c1-3-4-5-6-7(2)8(9)10/h6H,3-5H2,1-2H3,(H2,9,10). The summed E-state index contributed by atoms with van der Waals surface area (Å²) in [6, 6.07) is 0. The molecular formula is C8H15NO. The summed E-state index contributed by atoms with van der Waals surface area (Å²) in [5.74, 6) is -0.309. The fourth-order valence-corrected chi connectivity index (χ4v) is 0.623. The molecule has 0 aliphatic heterocycles. The zero-order valence-corrected chi connectivity index (χ0v) is 6.68. The van der Waals surface area contributed by atoms with E-state index in [2.05, 4.69) is 6.92 Å². The maximum atomic E-state index is 10.4. The van der Waals surface area contributed by atoms with Crippen LogP contribution in [-0.4, -0.2) is 5.91 Å². The van der Waals surface area contributed by atoms with Crippen molar-refractivity contribution < 1.29 is 4.79 Å². The Morgan fingerprint density at radius 3 is 2.60 bits per heavy atom. The average Bonchev–Trinajstić information content (AvgIpc) is 1.88. The molecule has 1 amide bonds. The smallest absolute Gasteiger partial charge is 0.244 e. The van der Waals surface area contributed by atoms with E-state index in [1.165, 1.54) is 0 Å². The van der Waals surface area contributed by atoms with Gasteiger partial charge in [-0.05, 0) is 13.3 Å². The topological polar surface area (TPSA) is 43.1 Å². The van der Waals surface area contributed by atoms with Crippen LogP contribution in [0.1, 0.15) is 33.1 Å². The van der Waals surface area contributed by atoms with E-state index in [-0.39, 0.29) is 5.91 Å². The molecule has 10 heavy (non-hydrogen) atoms. The van der Waals surface area contributed by atoms with Gasteiger partial charge in [0, 0.05) is 5.57 Å². The number of hydrogen-bond acceptors (Lipinski definition) is 1. The highest BCUT2D eigenvalue weighted by Gasteiger charge is 1.93. The molecule has 0 bridgehead atoms. The lowest BCUT2D eigenvalue weighted by Gasteiger charge is -1.92. The van der Waals surface area contributed by atoms with Crippen LogP contribution < -0.4 is 5.73 Å². The van der Waals surface area contributed by atoms with E-state index in [1.54, 1.807) is 6.92 Å². The Labute approximate surface area is 62.1 Å². The van der Waals surface area contributed by atoms with Gasteiger partial charge in [0.15, 0.2) is 0 Å². The lowest BCUT2D eigenvalue weighted by molar-refractivity contribution is -0.114. The van der Waals surface area contributed by atoms with Crippen molar-refractivity contribution in [1.29, 1.82) is 0 Å². The summed E-state index contributed by atoms with van der Waals surface area (Å²) in [6.45, 7) is 3.87. The minimum Gasteiger partial charge on any atom is -0.366 e. The van der Waals surface area contributed by atoms with Crippen molar-refractivity contribution in [1.82, 2.24) is 0 Å². The fraction of sp³-hybridized carbons (Fsp3) is 0.625. The largest absolute Gasteiger partial charge is 0.366 e. The Morgan fingerprint density at radius 2 is 2.20 bits per heavy atom. The molecule has 2 nitrogen and oxygen atoms in total. The van der Waals surface area contributed by atoms with Gasteiger partial charge in [0.2, 0.25) is 5.91 Å². The molecule has 0 saturated heterocycles. The summed E-state index contributed by atoms with van der Waals surface area (Å²) < 4.78 is 0. The molecule has 0 aromatic heterocycles. The van der Waals surface area contributed by atoms with Crippen molar-refractivity contribution >= 4 is 5.91 Å². The molecule has 0 spiro atoms. The molecule has 0 atom stereocenters. The van der Waals surface area contributed by atoms with Crippen LogP contribution in [0.2, 0.25) is 0 Å². The van der Waals surface area contributed by atoms with Gasteiger partial charge >= 0.3 is 0 Å². The first-order valence-electron chi connectivity index (χ1n) is 3.65. The van der Waals surface area contributed by atoms with E-state index in [1.807, 2.05) is 6.08 Å². The van der Waals surface area contributed by atoms with E-state index < -0.39 is 0 Å². The van der Waals surface area contributed by atoms with Gasteiger partial charge in [-0.3, -0.25) is 4.79 Å². The molecule has 0 aliphatic rings. The van der Waals surface area contributed by atoms with Crippen LogP contribution in [0.15, 0.2) is 11.6 Å². The van der Waals surface area contributed by atoms with Gasteiger partial charge in [-0.25, -0.2) is 0 Å². The van der Waals surface area contributed by atoms with E-state index in [0.717, 1.165) is 19.3 Å². The molecular weight excluding hydrogens is 126 g/mol. The molecule has 0 saturated carbocycles. The highest BCUT2D eigenvalue weighted by molar-refractivity contribution is 5.91. The third-order valence-electron chi connectivity index (χ3n) is 1.40. The molecule has 0 rings (SSSR count). The lowest BCUT2D eigenvalue weighted by atomic mass is 10.2. The fourth-order valence-electron chi connectivity index (χ4n) is 0.623. The Morgan fingerprint density at radius 1 is 1.60 bits per heavy atom. The van der Waals surface area contributed by atoms with Crippen molar-refractivity contribution in [2.24, 2.45) is 5.73 Å². The first-order chi connectivity index (χ1) is 4.68. The van der Waals surface area contributed by atoms with Crippen LogP contribution in [0.4, 0.5) is 0 Å². The first kappa shape index (κ1) is 9.21. The Kier molecular flexibility index (Phi) is 4.63. The Balaban J connectivity index is 3.58. The molecule has 0 unspecified atom stereocenters. The Bertz CT molecular complexity index is 138. The molecule has 58 valence electrons. The summed E-state index contributed by atoms with van der Waals surface area (Å²) in [7, 11) is 0. The monoisotopic (exact) mass is 141 g/mol. The Hall–Kier alpha value is -0.790. The van der Waals surface area contributed by atoms with E-state index in [4.69, 9.17) is 5.73 Å². The number of unbranched alkanes of at least 4 members (excludes halogenated alkanes) is 2. The van der Waals surface area contributed by atoms with Gasteiger partial charge in [-0.2, -0.15) is 0 Å².